The van der Waals surface area contributed by atoms with Crippen LogP contribution >= 0.6 is 7.94 Å². The fourth-order valence-electron chi connectivity index (χ4n) is 1.68. The second kappa shape index (κ2) is 5.05. The van der Waals surface area contributed by atoms with Crippen LogP contribution in [0.2, 0.25) is 0 Å². The van der Waals surface area contributed by atoms with Crippen LogP contribution in [0.5, 0.6) is 5.88 Å². The lowest BCUT2D eigenvalue weighted by Gasteiger charge is -2.36. The average Bonchev–Trinajstić information content (AvgIpc) is 2.64. The predicted octanol–water partition coefficient (Wildman–Crippen LogP) is 0.546. The van der Waals surface area contributed by atoms with Crippen molar-refractivity contribution in [1.29, 1.82) is 0 Å². The van der Waals surface area contributed by atoms with E-state index in [-0.39, 0.29) is 0 Å². The summed E-state index contributed by atoms with van der Waals surface area (Å²) in [4.78, 5) is 0. The van der Waals surface area contributed by atoms with Crippen molar-refractivity contribution >= 4 is 7.94 Å². The molecule has 1 heterocycles. The molecule has 0 aliphatic carbocycles. The molecular formula is C8H20N6OP+. The molecule has 8 heteroatoms. The van der Waals surface area contributed by atoms with Gasteiger partial charge in [-0.2, -0.15) is 10.3 Å². The van der Waals surface area contributed by atoms with Crippen LogP contribution in [0.25, 0.3) is 0 Å². The van der Waals surface area contributed by atoms with E-state index >= 15 is 0 Å². The first kappa shape index (κ1) is 13.3. The predicted molar refractivity (Wildman–Crippen MR) is 65.0 cm³/mol. The Bertz CT molecular complexity index is 291. The highest BCUT2D eigenvalue weighted by Crippen LogP contribution is 2.63. The van der Waals surface area contributed by atoms with Gasteiger partial charge in [-0.1, -0.05) is 0 Å². The molecular weight excluding hydrogens is 227 g/mol. The smallest absolute Gasteiger partial charge is 0.269 e. The molecule has 92 valence electrons. The Balaban J connectivity index is 3.02. The Hall–Kier alpha value is -0.750. The molecule has 16 heavy (non-hydrogen) atoms. The minimum atomic E-state index is -2.02. The van der Waals surface area contributed by atoms with E-state index in [0.717, 1.165) is 0 Å². The van der Waals surface area contributed by atoms with E-state index in [1.54, 1.807) is 6.20 Å². The summed E-state index contributed by atoms with van der Waals surface area (Å²) in [7, 11) is 9.94. The van der Waals surface area contributed by atoms with Gasteiger partial charge in [0.25, 0.3) is 0 Å². The van der Waals surface area contributed by atoms with Gasteiger partial charge in [-0.3, -0.25) is 4.52 Å². The van der Waals surface area contributed by atoms with E-state index < -0.39 is 7.94 Å². The largest absolute Gasteiger partial charge is 0.418 e. The summed E-state index contributed by atoms with van der Waals surface area (Å²) in [6, 6.07) is 0. The van der Waals surface area contributed by atoms with Crippen molar-refractivity contribution in [3.05, 3.63) is 6.20 Å². The Labute approximate surface area is 96.9 Å². The summed E-state index contributed by atoms with van der Waals surface area (Å²) in [5.41, 5.74) is 0. The van der Waals surface area contributed by atoms with Gasteiger partial charge in [0.1, 0.15) is 6.20 Å². The Morgan fingerprint density at radius 2 is 1.56 bits per heavy atom. The first-order valence-electron chi connectivity index (χ1n) is 4.89. The molecule has 0 amide bonds. The van der Waals surface area contributed by atoms with Crippen LogP contribution in [0.4, 0.5) is 0 Å². The van der Waals surface area contributed by atoms with E-state index in [9.17, 15) is 0 Å². The third kappa shape index (κ3) is 2.32. The highest BCUT2D eigenvalue weighted by atomic mass is 31.2. The maximum atomic E-state index is 6.01. The van der Waals surface area contributed by atoms with Crippen molar-refractivity contribution in [3.8, 4) is 5.88 Å². The molecule has 1 aromatic heterocycles. The molecule has 0 saturated heterocycles. The average molecular weight is 247 g/mol. The molecule has 0 aromatic carbocycles. The van der Waals surface area contributed by atoms with Gasteiger partial charge in [-0.05, 0) is 0 Å². The second-order valence-corrected chi connectivity index (χ2v) is 7.56. The maximum absolute atomic E-state index is 6.01. The number of rotatable bonds is 5. The van der Waals surface area contributed by atoms with Crippen molar-refractivity contribution in [1.82, 2.24) is 29.4 Å². The van der Waals surface area contributed by atoms with Crippen LogP contribution < -0.4 is 4.52 Å². The summed E-state index contributed by atoms with van der Waals surface area (Å²) >= 11 is 0. The number of nitrogens with one attached hydrogen (secondary N) is 1. The summed E-state index contributed by atoms with van der Waals surface area (Å²) in [6.07, 6.45) is 1.57. The zero-order valence-electron chi connectivity index (χ0n) is 10.7. The quantitative estimate of drug-likeness (QED) is 0.767. The van der Waals surface area contributed by atoms with Crippen molar-refractivity contribution in [3.63, 3.8) is 0 Å². The minimum absolute atomic E-state index is 0.504. The van der Waals surface area contributed by atoms with Crippen molar-refractivity contribution in [2.24, 2.45) is 0 Å². The number of nitrogens with zero attached hydrogens (tertiary/aromatic N) is 5. The van der Waals surface area contributed by atoms with E-state index in [4.69, 9.17) is 4.52 Å². The number of hydrogen-bond donors (Lipinski definition) is 1. The summed E-state index contributed by atoms with van der Waals surface area (Å²) in [6.45, 7) is 0. The molecule has 0 fully saturated rings. The molecule has 0 radical (unpaired) electrons. The highest BCUT2D eigenvalue weighted by molar-refractivity contribution is 7.64. The monoisotopic (exact) mass is 247 g/mol. The van der Waals surface area contributed by atoms with E-state index in [0.29, 0.717) is 5.88 Å². The molecule has 0 saturated carbocycles. The molecule has 7 nitrogen and oxygen atoms in total. The Morgan fingerprint density at radius 1 is 1.06 bits per heavy atom. The van der Waals surface area contributed by atoms with Crippen molar-refractivity contribution in [2.45, 2.75) is 0 Å². The van der Waals surface area contributed by atoms with Crippen LogP contribution in [0, 0.1) is 0 Å². The SMILES string of the molecule is CN(C)[P+](Oc1cn[nH]n1)(N(C)C)N(C)C. The molecule has 1 rings (SSSR count). The summed E-state index contributed by atoms with van der Waals surface area (Å²) in [5, 5.41) is 10.2. The van der Waals surface area contributed by atoms with Gasteiger partial charge in [0.15, 0.2) is 0 Å². The standard InChI is InChI=1S/C8H20N6OP/c1-12(2)16(13(3)4,14(5)6)15-8-7-9-11-10-8/h7H,1-6H3,(H,9,10,11)/q+1. The van der Waals surface area contributed by atoms with Gasteiger partial charge >= 0.3 is 13.8 Å². The number of aromatic nitrogens is 3. The van der Waals surface area contributed by atoms with Crippen LogP contribution in [-0.2, 0) is 0 Å². The lowest BCUT2D eigenvalue weighted by molar-refractivity contribution is 0.345. The van der Waals surface area contributed by atoms with Gasteiger partial charge in [0.2, 0.25) is 0 Å². The first-order chi connectivity index (χ1) is 7.41. The third-order valence-electron chi connectivity index (χ3n) is 2.17. The molecule has 0 atom stereocenters. The van der Waals surface area contributed by atoms with Gasteiger partial charge in [0, 0.05) is 42.3 Å². The Morgan fingerprint density at radius 3 is 1.88 bits per heavy atom. The molecule has 1 N–H and O–H groups in total. The Kier molecular flexibility index (Phi) is 4.21. The number of hydrogen-bond acceptors (Lipinski definition) is 6. The second-order valence-electron chi connectivity index (χ2n) is 3.95. The van der Waals surface area contributed by atoms with Crippen LogP contribution in [0.3, 0.4) is 0 Å². The molecule has 1 aromatic rings. The van der Waals surface area contributed by atoms with Crippen molar-refractivity contribution < 1.29 is 4.52 Å². The molecule has 0 unspecified atom stereocenters. The van der Waals surface area contributed by atoms with E-state index in [1.807, 2.05) is 42.3 Å². The normalized spacial score (nSPS) is 12.8. The first-order valence-corrected chi connectivity index (χ1v) is 6.45. The van der Waals surface area contributed by atoms with Gasteiger partial charge < -0.3 is 0 Å². The van der Waals surface area contributed by atoms with E-state index in [2.05, 4.69) is 29.4 Å². The number of H-pyrrole nitrogens is 1. The number of aromatic amines is 1. The summed E-state index contributed by atoms with van der Waals surface area (Å²) < 4.78 is 12.2. The van der Waals surface area contributed by atoms with Crippen LogP contribution in [0.1, 0.15) is 0 Å². The fourth-order valence-corrected chi connectivity index (χ4v) is 4.65. The molecule has 0 aliphatic heterocycles. The topological polar surface area (TPSA) is 60.5 Å². The van der Waals surface area contributed by atoms with Gasteiger partial charge in [-0.25, -0.2) is 0 Å². The zero-order chi connectivity index (χ0) is 12.3. The van der Waals surface area contributed by atoms with Gasteiger partial charge in [-0.15, -0.1) is 19.1 Å². The summed E-state index contributed by atoms with van der Waals surface area (Å²) in [5.74, 6) is 0.504. The van der Waals surface area contributed by atoms with Gasteiger partial charge in [0.05, 0.1) is 0 Å². The fraction of sp³-hybridized carbons (Fsp3) is 0.750. The highest BCUT2D eigenvalue weighted by Gasteiger charge is 2.52. The maximum Gasteiger partial charge on any atom is 0.418 e. The molecule has 0 bridgehead atoms. The zero-order valence-corrected chi connectivity index (χ0v) is 11.6. The lowest BCUT2D eigenvalue weighted by atomic mass is 10.9. The lowest BCUT2D eigenvalue weighted by Crippen LogP contribution is -2.39. The van der Waals surface area contributed by atoms with Crippen molar-refractivity contribution in [2.75, 3.05) is 42.3 Å². The molecule has 0 aliphatic rings. The minimum Gasteiger partial charge on any atom is -0.269 e. The van der Waals surface area contributed by atoms with E-state index in [1.165, 1.54) is 0 Å². The van der Waals surface area contributed by atoms with Crippen LogP contribution in [0.15, 0.2) is 6.20 Å². The van der Waals surface area contributed by atoms with Crippen LogP contribution in [-0.4, -0.2) is 71.7 Å². The third-order valence-corrected chi connectivity index (χ3v) is 5.73. The molecule has 0 spiro atoms.